The molecule has 3 aromatic carbocycles. The van der Waals surface area contributed by atoms with Crippen molar-refractivity contribution >= 4 is 28.3 Å². The monoisotopic (exact) mass is 434 g/mol. The van der Waals surface area contributed by atoms with Gasteiger partial charge in [-0.3, -0.25) is 4.79 Å². The van der Waals surface area contributed by atoms with Gasteiger partial charge in [0.1, 0.15) is 0 Å². The van der Waals surface area contributed by atoms with Crippen molar-refractivity contribution in [3.63, 3.8) is 0 Å². The maximum atomic E-state index is 13.3. The molecule has 3 aromatic rings. The number of hydrogen-bond acceptors (Lipinski definition) is 4. The molecule has 3 N–H and O–H groups in total. The molecule has 3 rings (SSSR count). The molecule has 0 bridgehead atoms. The van der Waals surface area contributed by atoms with Gasteiger partial charge in [0.15, 0.2) is 6.04 Å². The molecule has 0 fully saturated rings. The third-order valence-corrected chi connectivity index (χ3v) is 5.50. The van der Waals surface area contributed by atoms with Crippen molar-refractivity contribution in [2.75, 3.05) is 12.8 Å². The highest BCUT2D eigenvalue weighted by Gasteiger charge is 2.36. The predicted molar refractivity (Wildman–Crippen MR) is 126 cm³/mol. The highest BCUT2D eigenvalue weighted by molar-refractivity contribution is 6.05. The van der Waals surface area contributed by atoms with E-state index in [4.69, 9.17) is 10.5 Å². The minimum Gasteiger partial charge on any atom is -0.480 e. The van der Waals surface area contributed by atoms with E-state index >= 15 is 0 Å². The zero-order valence-electron chi connectivity index (χ0n) is 18.7. The number of nitrogens with zero attached hydrogens (tertiary/aromatic N) is 1. The first-order valence-corrected chi connectivity index (χ1v) is 10.7. The number of ether oxygens (including phenoxy) is 1. The van der Waals surface area contributed by atoms with Gasteiger partial charge in [-0.15, -0.1) is 0 Å². The number of hydrogen-bond donors (Lipinski definition) is 2. The van der Waals surface area contributed by atoms with Crippen molar-refractivity contribution in [2.24, 2.45) is 5.92 Å². The molecule has 6 heteroatoms. The Morgan fingerprint density at radius 2 is 1.59 bits per heavy atom. The summed E-state index contributed by atoms with van der Waals surface area (Å²) < 4.78 is 6.06. The zero-order chi connectivity index (χ0) is 23.3. The number of benzene rings is 3. The molecule has 0 aromatic heterocycles. The van der Waals surface area contributed by atoms with Crippen LogP contribution in [0.5, 0.6) is 0 Å². The van der Waals surface area contributed by atoms with E-state index in [1.54, 1.807) is 12.1 Å². The van der Waals surface area contributed by atoms with Gasteiger partial charge in [-0.05, 0) is 40.8 Å². The summed E-state index contributed by atoms with van der Waals surface area (Å²) in [4.78, 5) is 26.9. The topological polar surface area (TPSA) is 92.9 Å². The van der Waals surface area contributed by atoms with Crippen LogP contribution in [-0.4, -0.2) is 41.1 Å². The van der Waals surface area contributed by atoms with E-state index in [0.717, 1.165) is 16.3 Å². The van der Waals surface area contributed by atoms with Crippen LogP contribution in [0.3, 0.4) is 0 Å². The van der Waals surface area contributed by atoms with E-state index in [1.807, 2.05) is 68.4 Å². The lowest BCUT2D eigenvalue weighted by molar-refractivity contribution is -0.149. The lowest BCUT2D eigenvalue weighted by Gasteiger charge is -2.33. The molecule has 2 atom stereocenters. The fraction of sp³-hybridized carbons (Fsp3) is 0.308. The zero-order valence-corrected chi connectivity index (χ0v) is 18.7. The summed E-state index contributed by atoms with van der Waals surface area (Å²) in [7, 11) is 1.49. The van der Waals surface area contributed by atoms with Crippen molar-refractivity contribution in [1.82, 2.24) is 4.90 Å². The number of carbonyl (C=O) groups excluding carboxylic acids is 1. The van der Waals surface area contributed by atoms with Crippen molar-refractivity contribution in [1.29, 1.82) is 0 Å². The summed E-state index contributed by atoms with van der Waals surface area (Å²) >= 11 is 0. The van der Waals surface area contributed by atoms with E-state index < -0.39 is 24.0 Å². The van der Waals surface area contributed by atoms with Gasteiger partial charge in [0.2, 0.25) is 0 Å². The number of carboxylic acids is 1. The van der Waals surface area contributed by atoms with Crippen LogP contribution in [0.15, 0.2) is 66.7 Å². The maximum absolute atomic E-state index is 13.3. The molecule has 0 saturated heterocycles. The van der Waals surface area contributed by atoms with Gasteiger partial charge in [-0.2, -0.15) is 0 Å². The molecule has 1 amide bonds. The molecule has 0 saturated carbocycles. The number of likely N-dealkylation sites (N-methyl/N-ethyl adjacent to an activating group) is 1. The Morgan fingerprint density at radius 3 is 2.19 bits per heavy atom. The lowest BCUT2D eigenvalue weighted by atomic mass is 9.97. The molecule has 0 heterocycles. The highest BCUT2D eigenvalue weighted by atomic mass is 16.5. The molecular formula is C26H30N2O4. The normalized spacial score (nSPS) is 13.1. The minimum absolute atomic E-state index is 0.187. The SMILES string of the molecule is CC(C)C[C@@H](OCc1ccccc1)[C@@H](C(=O)O)N(C)C(=O)c1cc2ccccc2cc1N. The Kier molecular flexibility index (Phi) is 7.49. The molecule has 0 unspecified atom stereocenters. The first-order chi connectivity index (χ1) is 15.3. The fourth-order valence-corrected chi connectivity index (χ4v) is 3.86. The second-order valence-electron chi connectivity index (χ2n) is 8.45. The average molecular weight is 435 g/mol. The quantitative estimate of drug-likeness (QED) is 0.481. The van der Waals surface area contributed by atoms with Crippen LogP contribution >= 0.6 is 0 Å². The van der Waals surface area contributed by atoms with Gasteiger partial charge < -0.3 is 20.5 Å². The summed E-state index contributed by atoms with van der Waals surface area (Å²) in [5.41, 5.74) is 7.71. The molecule has 0 aliphatic heterocycles. The maximum Gasteiger partial charge on any atom is 0.329 e. The smallest absolute Gasteiger partial charge is 0.329 e. The number of carbonyl (C=O) groups is 2. The highest BCUT2D eigenvalue weighted by Crippen LogP contribution is 2.25. The molecule has 32 heavy (non-hydrogen) atoms. The lowest BCUT2D eigenvalue weighted by Crippen LogP contribution is -2.51. The number of aliphatic carboxylic acids is 1. The van der Waals surface area contributed by atoms with E-state index in [9.17, 15) is 14.7 Å². The van der Waals surface area contributed by atoms with Gasteiger partial charge in [-0.1, -0.05) is 68.4 Å². The first-order valence-electron chi connectivity index (χ1n) is 10.7. The Balaban J connectivity index is 1.89. The average Bonchev–Trinajstić information content (AvgIpc) is 2.76. The van der Waals surface area contributed by atoms with Crippen molar-refractivity contribution in [3.05, 3.63) is 77.9 Å². The van der Waals surface area contributed by atoms with Crippen LogP contribution < -0.4 is 5.73 Å². The van der Waals surface area contributed by atoms with Crippen LogP contribution in [0.4, 0.5) is 5.69 Å². The standard InChI is InChI=1S/C26H30N2O4/c1-17(2)13-23(32-16-18-9-5-4-6-10-18)24(26(30)31)28(3)25(29)21-14-19-11-7-8-12-20(19)15-22(21)27/h4-12,14-15,17,23-24H,13,16,27H2,1-3H3,(H,30,31)/t23-,24+/m1/s1. The fourth-order valence-electron chi connectivity index (χ4n) is 3.86. The first kappa shape index (κ1) is 23.3. The van der Waals surface area contributed by atoms with Crippen LogP contribution in [0.2, 0.25) is 0 Å². The van der Waals surface area contributed by atoms with Crippen molar-refractivity contribution in [3.8, 4) is 0 Å². The van der Waals surface area contributed by atoms with E-state index in [0.29, 0.717) is 12.1 Å². The van der Waals surface area contributed by atoms with Crippen LogP contribution in [0.25, 0.3) is 10.8 Å². The van der Waals surface area contributed by atoms with Gasteiger partial charge >= 0.3 is 5.97 Å². The Bertz CT molecular complexity index is 1080. The van der Waals surface area contributed by atoms with E-state index in [1.165, 1.54) is 11.9 Å². The third-order valence-electron chi connectivity index (χ3n) is 5.50. The molecule has 0 spiro atoms. The van der Waals surface area contributed by atoms with E-state index in [-0.39, 0.29) is 18.1 Å². The number of fused-ring (bicyclic) bond motifs is 1. The second-order valence-corrected chi connectivity index (χ2v) is 8.45. The number of anilines is 1. The summed E-state index contributed by atoms with van der Waals surface area (Å²) in [6, 6.07) is 19.5. The van der Waals surface area contributed by atoms with Crippen molar-refractivity contribution in [2.45, 2.75) is 39.0 Å². The van der Waals surface area contributed by atoms with Gasteiger partial charge in [0.05, 0.1) is 18.3 Å². The largest absolute Gasteiger partial charge is 0.480 e. The Labute approximate surface area is 188 Å². The van der Waals surface area contributed by atoms with E-state index in [2.05, 4.69) is 0 Å². The molecular weight excluding hydrogens is 404 g/mol. The number of rotatable bonds is 9. The summed E-state index contributed by atoms with van der Waals surface area (Å²) in [5.74, 6) is -1.37. The molecule has 0 aliphatic rings. The molecule has 0 aliphatic carbocycles. The summed E-state index contributed by atoms with van der Waals surface area (Å²) in [5, 5.41) is 11.8. The number of carboxylic acid groups (broad SMARTS) is 1. The van der Waals surface area contributed by atoms with Crippen LogP contribution in [0.1, 0.15) is 36.2 Å². The number of amides is 1. The Morgan fingerprint density at radius 1 is 1.00 bits per heavy atom. The van der Waals surface area contributed by atoms with Crippen molar-refractivity contribution < 1.29 is 19.4 Å². The predicted octanol–water partition coefficient (Wildman–Crippen LogP) is 4.58. The molecule has 0 radical (unpaired) electrons. The molecule has 168 valence electrons. The second kappa shape index (κ2) is 10.3. The van der Waals surface area contributed by atoms with Crippen LogP contribution in [-0.2, 0) is 16.1 Å². The Hall–Kier alpha value is -3.38. The van der Waals surface area contributed by atoms with Crippen LogP contribution in [0, 0.1) is 5.92 Å². The minimum atomic E-state index is -1.15. The summed E-state index contributed by atoms with van der Waals surface area (Å²) in [6.07, 6.45) is -0.183. The number of nitrogen functional groups attached to an aromatic ring is 1. The summed E-state index contributed by atoms with van der Waals surface area (Å²) in [6.45, 7) is 4.27. The third kappa shape index (κ3) is 5.45. The van der Waals surface area contributed by atoms with Gasteiger partial charge in [-0.25, -0.2) is 4.79 Å². The molecule has 6 nitrogen and oxygen atoms in total. The van der Waals surface area contributed by atoms with Gasteiger partial charge in [0.25, 0.3) is 5.91 Å². The number of nitrogens with two attached hydrogens (primary N) is 1. The van der Waals surface area contributed by atoms with Gasteiger partial charge in [0, 0.05) is 12.7 Å².